The van der Waals surface area contributed by atoms with Crippen molar-refractivity contribution < 1.29 is 9.21 Å². The number of carbonyl (C=O) groups is 1. The first-order valence-corrected chi connectivity index (χ1v) is 8.37. The van der Waals surface area contributed by atoms with Crippen LogP contribution in [0, 0.1) is 0 Å². The molecule has 1 fully saturated rings. The summed E-state index contributed by atoms with van der Waals surface area (Å²) in [7, 11) is 0. The Bertz CT molecular complexity index is 1080. The van der Waals surface area contributed by atoms with Crippen molar-refractivity contribution in [3.8, 4) is 0 Å². The van der Waals surface area contributed by atoms with Gasteiger partial charge in [0.05, 0.1) is 21.5 Å². The van der Waals surface area contributed by atoms with Crippen LogP contribution in [0.15, 0.2) is 80.0 Å². The van der Waals surface area contributed by atoms with E-state index >= 15 is 0 Å². The normalized spacial score (nSPS) is 17.4. The Morgan fingerprint density at radius 2 is 1.76 bits per heavy atom. The lowest BCUT2D eigenvalue weighted by Crippen LogP contribution is -2.19. The van der Waals surface area contributed by atoms with Gasteiger partial charge in [0, 0.05) is 0 Å². The van der Waals surface area contributed by atoms with Crippen LogP contribution in [0.2, 0.25) is 0 Å². The van der Waals surface area contributed by atoms with Gasteiger partial charge in [0.25, 0.3) is 5.91 Å². The van der Waals surface area contributed by atoms with Gasteiger partial charge in [0.2, 0.25) is 0 Å². The SMILES string of the molecule is O=C1NC(=Nc2ccccc2)SC1=Cc1coc2ccccc2c1=O. The third-order valence-corrected chi connectivity index (χ3v) is 4.54. The lowest BCUT2D eigenvalue weighted by atomic mass is 10.1. The molecule has 4 rings (SSSR count). The molecule has 5 nitrogen and oxygen atoms in total. The molecule has 0 spiro atoms. The van der Waals surface area contributed by atoms with E-state index in [1.807, 2.05) is 30.3 Å². The van der Waals surface area contributed by atoms with Crippen molar-refractivity contribution in [1.29, 1.82) is 0 Å². The quantitative estimate of drug-likeness (QED) is 0.717. The molecule has 1 N–H and O–H groups in total. The van der Waals surface area contributed by atoms with E-state index in [9.17, 15) is 9.59 Å². The van der Waals surface area contributed by atoms with E-state index in [1.165, 1.54) is 24.1 Å². The van der Waals surface area contributed by atoms with E-state index in [0.29, 0.717) is 26.6 Å². The Hall–Kier alpha value is -3.12. The summed E-state index contributed by atoms with van der Waals surface area (Å²) in [6.07, 6.45) is 2.91. The number of thioether (sulfide) groups is 1. The minimum absolute atomic E-state index is 0.170. The lowest BCUT2D eigenvalue weighted by Gasteiger charge is -1.98. The number of para-hydroxylation sites is 2. The molecule has 25 heavy (non-hydrogen) atoms. The van der Waals surface area contributed by atoms with Gasteiger partial charge in [-0.3, -0.25) is 9.59 Å². The van der Waals surface area contributed by atoms with Gasteiger partial charge in [-0.05, 0) is 42.1 Å². The van der Waals surface area contributed by atoms with Gasteiger partial charge in [-0.2, -0.15) is 0 Å². The number of carbonyl (C=O) groups excluding carboxylic acids is 1. The maximum atomic E-state index is 12.5. The maximum absolute atomic E-state index is 12.5. The Kier molecular flexibility index (Phi) is 3.95. The van der Waals surface area contributed by atoms with Crippen molar-refractivity contribution >= 4 is 45.6 Å². The summed E-state index contributed by atoms with van der Waals surface area (Å²) in [5.41, 5.74) is 1.43. The molecule has 122 valence electrons. The van der Waals surface area contributed by atoms with Crippen LogP contribution >= 0.6 is 11.8 Å². The number of fused-ring (bicyclic) bond motifs is 1. The third kappa shape index (κ3) is 3.12. The summed E-state index contributed by atoms with van der Waals surface area (Å²) in [5.74, 6) is -0.285. The van der Waals surface area contributed by atoms with Crippen LogP contribution in [0.1, 0.15) is 5.56 Å². The number of hydrogen-bond acceptors (Lipinski definition) is 5. The third-order valence-electron chi connectivity index (χ3n) is 3.63. The van der Waals surface area contributed by atoms with Gasteiger partial charge in [0.15, 0.2) is 10.6 Å². The Balaban J connectivity index is 1.68. The summed E-state index contributed by atoms with van der Waals surface area (Å²) < 4.78 is 5.48. The van der Waals surface area contributed by atoms with Crippen molar-refractivity contribution in [2.24, 2.45) is 4.99 Å². The molecule has 1 aliphatic rings. The monoisotopic (exact) mass is 348 g/mol. The largest absolute Gasteiger partial charge is 0.463 e. The smallest absolute Gasteiger partial charge is 0.264 e. The van der Waals surface area contributed by atoms with Crippen LogP contribution in [0.5, 0.6) is 0 Å². The van der Waals surface area contributed by atoms with Crippen molar-refractivity contribution in [1.82, 2.24) is 5.32 Å². The van der Waals surface area contributed by atoms with Crippen molar-refractivity contribution in [3.63, 3.8) is 0 Å². The lowest BCUT2D eigenvalue weighted by molar-refractivity contribution is -0.115. The number of rotatable bonds is 2. The highest BCUT2D eigenvalue weighted by Crippen LogP contribution is 2.27. The standard InChI is InChI=1S/C19H12N2O3S/c22-17-12(11-24-15-9-5-4-8-14(15)17)10-16-18(23)21-19(25-16)20-13-6-2-1-3-7-13/h1-11H,(H,20,21,23). The molecule has 2 heterocycles. The molecule has 1 amide bonds. The second-order valence-electron chi connectivity index (χ2n) is 5.33. The second kappa shape index (κ2) is 6.41. The summed E-state index contributed by atoms with van der Waals surface area (Å²) in [5, 5.41) is 3.67. The second-order valence-corrected chi connectivity index (χ2v) is 6.36. The van der Waals surface area contributed by atoms with Crippen molar-refractivity contribution in [3.05, 3.63) is 81.6 Å². The van der Waals surface area contributed by atoms with Gasteiger partial charge in [-0.1, -0.05) is 30.3 Å². The molecular weight excluding hydrogens is 336 g/mol. The van der Waals surface area contributed by atoms with E-state index in [-0.39, 0.29) is 11.3 Å². The molecule has 0 unspecified atom stereocenters. The molecule has 0 bridgehead atoms. The van der Waals surface area contributed by atoms with E-state index in [0.717, 1.165) is 5.69 Å². The van der Waals surface area contributed by atoms with Crippen LogP contribution in [-0.4, -0.2) is 11.1 Å². The minimum atomic E-state index is -0.285. The van der Waals surface area contributed by atoms with Crippen LogP contribution < -0.4 is 10.7 Å². The predicted molar refractivity (Wildman–Crippen MR) is 99.7 cm³/mol. The summed E-state index contributed by atoms with van der Waals surface area (Å²) in [6.45, 7) is 0. The zero-order valence-electron chi connectivity index (χ0n) is 12.9. The first kappa shape index (κ1) is 15.4. The first-order valence-electron chi connectivity index (χ1n) is 7.56. The number of nitrogens with one attached hydrogen (secondary N) is 1. The zero-order chi connectivity index (χ0) is 17.2. The average molecular weight is 348 g/mol. The highest BCUT2D eigenvalue weighted by atomic mass is 32.2. The van der Waals surface area contributed by atoms with Crippen molar-refractivity contribution in [2.45, 2.75) is 0 Å². The van der Waals surface area contributed by atoms with E-state index < -0.39 is 0 Å². The van der Waals surface area contributed by atoms with Gasteiger partial charge < -0.3 is 9.73 Å². The van der Waals surface area contributed by atoms with Gasteiger partial charge in [-0.15, -0.1) is 0 Å². The van der Waals surface area contributed by atoms with E-state index in [1.54, 1.807) is 24.3 Å². The minimum Gasteiger partial charge on any atom is -0.463 e. The number of amidine groups is 1. The topological polar surface area (TPSA) is 71.7 Å². The van der Waals surface area contributed by atoms with Crippen molar-refractivity contribution in [2.75, 3.05) is 0 Å². The van der Waals surface area contributed by atoms with Crippen LogP contribution in [0.25, 0.3) is 17.0 Å². The fourth-order valence-electron chi connectivity index (χ4n) is 2.43. The summed E-state index contributed by atoms with van der Waals surface area (Å²) in [4.78, 5) is 29.4. The van der Waals surface area contributed by atoms with E-state index in [4.69, 9.17) is 4.42 Å². The number of nitrogens with zero attached hydrogens (tertiary/aromatic N) is 1. The molecule has 0 aliphatic carbocycles. The maximum Gasteiger partial charge on any atom is 0.264 e. The molecule has 3 aromatic rings. The molecule has 6 heteroatoms. The van der Waals surface area contributed by atoms with Crippen LogP contribution in [-0.2, 0) is 4.79 Å². The van der Waals surface area contributed by atoms with Gasteiger partial charge in [0.1, 0.15) is 11.8 Å². The Morgan fingerprint density at radius 3 is 2.60 bits per heavy atom. The van der Waals surface area contributed by atoms with E-state index in [2.05, 4.69) is 10.3 Å². The fraction of sp³-hybridized carbons (Fsp3) is 0. The molecule has 1 saturated heterocycles. The zero-order valence-corrected chi connectivity index (χ0v) is 13.7. The van der Waals surface area contributed by atoms with Gasteiger partial charge in [-0.25, -0.2) is 4.99 Å². The molecular formula is C19H12N2O3S. The summed E-state index contributed by atoms with van der Waals surface area (Å²) in [6, 6.07) is 16.3. The van der Waals surface area contributed by atoms with Crippen LogP contribution in [0.4, 0.5) is 5.69 Å². The number of benzene rings is 2. The number of hydrogen-bond donors (Lipinski definition) is 1. The molecule has 0 saturated carbocycles. The fourth-order valence-corrected chi connectivity index (χ4v) is 3.27. The Labute approximate surface area is 147 Å². The average Bonchev–Trinajstić information content (AvgIpc) is 2.97. The highest BCUT2D eigenvalue weighted by molar-refractivity contribution is 8.18. The number of amides is 1. The molecule has 2 aromatic carbocycles. The Morgan fingerprint density at radius 1 is 1.00 bits per heavy atom. The molecule has 1 aliphatic heterocycles. The summed E-state index contributed by atoms with van der Waals surface area (Å²) >= 11 is 1.19. The van der Waals surface area contributed by atoms with Gasteiger partial charge >= 0.3 is 0 Å². The highest BCUT2D eigenvalue weighted by Gasteiger charge is 2.24. The number of aliphatic imine (C=N–C) groups is 1. The molecule has 0 atom stereocenters. The molecule has 1 aromatic heterocycles. The molecule has 0 radical (unpaired) electrons. The predicted octanol–water partition coefficient (Wildman–Crippen LogP) is 3.68. The van der Waals surface area contributed by atoms with Crippen LogP contribution in [0.3, 0.4) is 0 Å². The first-order chi connectivity index (χ1) is 12.2.